The van der Waals surface area contributed by atoms with E-state index in [4.69, 9.17) is 5.73 Å². The maximum Gasteiger partial charge on any atom is 0.405 e. The Labute approximate surface area is 90.4 Å². The van der Waals surface area contributed by atoms with E-state index in [1.165, 1.54) is 13.3 Å². The fourth-order valence-electron chi connectivity index (χ4n) is 1.13. The predicted octanol–water partition coefficient (Wildman–Crippen LogP) is 1.17. The van der Waals surface area contributed by atoms with Gasteiger partial charge in [-0.15, -0.1) is 0 Å². The van der Waals surface area contributed by atoms with Crippen LogP contribution in [-0.4, -0.2) is 24.6 Å². The summed E-state index contributed by atoms with van der Waals surface area (Å²) in [6.45, 7) is 4.23. The SMILES string of the molecule is CCCCCCNC(=O)C(C)OC(N)=O. The lowest BCUT2D eigenvalue weighted by molar-refractivity contribution is -0.128. The number of unbranched alkanes of at least 4 members (excludes halogenated alkanes) is 3. The lowest BCUT2D eigenvalue weighted by atomic mass is 10.2. The maximum atomic E-state index is 11.3. The van der Waals surface area contributed by atoms with Crippen molar-refractivity contribution in [3.8, 4) is 0 Å². The molecule has 0 aliphatic rings. The molecule has 1 unspecified atom stereocenters. The van der Waals surface area contributed by atoms with Gasteiger partial charge in [-0.1, -0.05) is 26.2 Å². The summed E-state index contributed by atoms with van der Waals surface area (Å²) in [5.41, 5.74) is 4.78. The zero-order chi connectivity index (χ0) is 11.7. The Morgan fingerprint density at radius 1 is 1.33 bits per heavy atom. The molecule has 0 fully saturated rings. The number of primary amides is 1. The topological polar surface area (TPSA) is 81.4 Å². The zero-order valence-corrected chi connectivity index (χ0v) is 9.41. The van der Waals surface area contributed by atoms with E-state index in [1.54, 1.807) is 0 Å². The van der Waals surface area contributed by atoms with Crippen LogP contribution < -0.4 is 11.1 Å². The first-order chi connectivity index (χ1) is 7.07. The highest BCUT2D eigenvalue weighted by atomic mass is 16.6. The van der Waals surface area contributed by atoms with Gasteiger partial charge in [-0.05, 0) is 13.3 Å². The molecule has 0 aromatic heterocycles. The quantitative estimate of drug-likeness (QED) is 0.627. The minimum absolute atomic E-state index is 0.301. The summed E-state index contributed by atoms with van der Waals surface area (Å²) < 4.78 is 4.52. The average molecular weight is 216 g/mol. The first kappa shape index (κ1) is 13.7. The third-order valence-corrected chi connectivity index (χ3v) is 1.99. The lowest BCUT2D eigenvalue weighted by Gasteiger charge is -2.11. The van der Waals surface area contributed by atoms with Crippen LogP contribution in [0.25, 0.3) is 0 Å². The molecule has 0 heterocycles. The van der Waals surface area contributed by atoms with Gasteiger partial charge in [-0.2, -0.15) is 0 Å². The molecule has 1 atom stereocenters. The Morgan fingerprint density at radius 3 is 2.53 bits per heavy atom. The Hall–Kier alpha value is -1.26. The van der Waals surface area contributed by atoms with Gasteiger partial charge in [0.2, 0.25) is 0 Å². The van der Waals surface area contributed by atoms with E-state index in [-0.39, 0.29) is 5.91 Å². The molecule has 5 heteroatoms. The van der Waals surface area contributed by atoms with Crippen molar-refractivity contribution >= 4 is 12.0 Å². The number of nitrogens with two attached hydrogens (primary N) is 1. The fraction of sp³-hybridized carbons (Fsp3) is 0.800. The van der Waals surface area contributed by atoms with Crippen LogP contribution in [0.4, 0.5) is 4.79 Å². The molecule has 0 aromatic carbocycles. The standard InChI is InChI=1S/C10H20N2O3/c1-3-4-5-6-7-12-9(13)8(2)15-10(11)14/h8H,3-7H2,1-2H3,(H2,11,14)(H,12,13). The summed E-state index contributed by atoms with van der Waals surface area (Å²) in [6.07, 6.45) is 2.64. The van der Waals surface area contributed by atoms with E-state index in [0.717, 1.165) is 19.3 Å². The van der Waals surface area contributed by atoms with Crippen molar-refractivity contribution < 1.29 is 14.3 Å². The van der Waals surface area contributed by atoms with Gasteiger partial charge in [0.15, 0.2) is 6.10 Å². The van der Waals surface area contributed by atoms with Crippen molar-refractivity contribution in [3.05, 3.63) is 0 Å². The van der Waals surface area contributed by atoms with E-state index in [0.29, 0.717) is 6.54 Å². The molecule has 3 N–H and O–H groups in total. The van der Waals surface area contributed by atoms with Crippen molar-refractivity contribution in [1.82, 2.24) is 5.32 Å². The van der Waals surface area contributed by atoms with Crippen LogP contribution in [0.15, 0.2) is 0 Å². The van der Waals surface area contributed by atoms with Gasteiger partial charge in [0.05, 0.1) is 0 Å². The van der Waals surface area contributed by atoms with Gasteiger partial charge in [-0.25, -0.2) is 4.79 Å². The molecule has 5 nitrogen and oxygen atoms in total. The third-order valence-electron chi connectivity index (χ3n) is 1.99. The molecule has 88 valence electrons. The Kier molecular flexibility index (Phi) is 7.40. The van der Waals surface area contributed by atoms with E-state index < -0.39 is 12.2 Å². The van der Waals surface area contributed by atoms with Crippen molar-refractivity contribution in [2.75, 3.05) is 6.54 Å². The predicted molar refractivity (Wildman–Crippen MR) is 57.3 cm³/mol. The molecular formula is C10H20N2O3. The largest absolute Gasteiger partial charge is 0.437 e. The van der Waals surface area contributed by atoms with E-state index >= 15 is 0 Å². The number of rotatable bonds is 7. The summed E-state index contributed by atoms with van der Waals surface area (Å²) in [7, 11) is 0. The van der Waals surface area contributed by atoms with Crippen molar-refractivity contribution in [2.24, 2.45) is 5.73 Å². The van der Waals surface area contributed by atoms with E-state index in [2.05, 4.69) is 17.0 Å². The molecule has 0 aliphatic carbocycles. The summed E-state index contributed by atoms with van der Waals surface area (Å²) >= 11 is 0. The van der Waals surface area contributed by atoms with Crippen LogP contribution in [-0.2, 0) is 9.53 Å². The van der Waals surface area contributed by atoms with Crippen LogP contribution in [0, 0.1) is 0 Å². The van der Waals surface area contributed by atoms with Crippen molar-refractivity contribution in [3.63, 3.8) is 0 Å². The second-order valence-corrected chi connectivity index (χ2v) is 3.43. The van der Waals surface area contributed by atoms with E-state index in [9.17, 15) is 9.59 Å². The number of nitrogens with one attached hydrogen (secondary N) is 1. The zero-order valence-electron chi connectivity index (χ0n) is 9.41. The molecule has 15 heavy (non-hydrogen) atoms. The van der Waals surface area contributed by atoms with Crippen LogP contribution in [0.5, 0.6) is 0 Å². The summed E-state index contributed by atoms with van der Waals surface area (Å²) in [5.74, 6) is -0.301. The van der Waals surface area contributed by atoms with Gasteiger partial charge >= 0.3 is 6.09 Å². The summed E-state index contributed by atoms with van der Waals surface area (Å²) in [6, 6.07) is 0. The van der Waals surface area contributed by atoms with Crippen LogP contribution >= 0.6 is 0 Å². The summed E-state index contributed by atoms with van der Waals surface area (Å²) in [4.78, 5) is 21.6. The Bertz CT molecular complexity index is 207. The van der Waals surface area contributed by atoms with Crippen LogP contribution in [0.2, 0.25) is 0 Å². The van der Waals surface area contributed by atoms with Gasteiger partial charge in [0, 0.05) is 6.54 Å². The number of amides is 2. The van der Waals surface area contributed by atoms with Gasteiger partial charge in [0.25, 0.3) is 5.91 Å². The molecule has 0 aromatic rings. The Morgan fingerprint density at radius 2 is 2.00 bits per heavy atom. The number of carbonyl (C=O) groups is 2. The fourth-order valence-corrected chi connectivity index (χ4v) is 1.13. The lowest BCUT2D eigenvalue weighted by Crippen LogP contribution is -2.37. The number of ether oxygens (including phenoxy) is 1. The highest BCUT2D eigenvalue weighted by Gasteiger charge is 2.14. The van der Waals surface area contributed by atoms with Gasteiger partial charge in [0.1, 0.15) is 0 Å². The first-order valence-electron chi connectivity index (χ1n) is 5.31. The Balaban J connectivity index is 3.51. The maximum absolute atomic E-state index is 11.3. The first-order valence-corrected chi connectivity index (χ1v) is 5.31. The number of hydrogen-bond acceptors (Lipinski definition) is 3. The minimum Gasteiger partial charge on any atom is -0.437 e. The second kappa shape index (κ2) is 8.08. The van der Waals surface area contributed by atoms with Gasteiger partial charge in [-0.3, -0.25) is 4.79 Å². The van der Waals surface area contributed by atoms with Gasteiger partial charge < -0.3 is 15.8 Å². The monoisotopic (exact) mass is 216 g/mol. The molecule has 0 aliphatic heterocycles. The molecule has 2 amide bonds. The molecule has 0 saturated carbocycles. The van der Waals surface area contributed by atoms with Crippen LogP contribution in [0.1, 0.15) is 39.5 Å². The minimum atomic E-state index is -0.927. The molecule has 0 rings (SSSR count). The van der Waals surface area contributed by atoms with Crippen molar-refractivity contribution in [2.45, 2.75) is 45.6 Å². The van der Waals surface area contributed by atoms with E-state index in [1.807, 2.05) is 0 Å². The van der Waals surface area contributed by atoms with Crippen molar-refractivity contribution in [1.29, 1.82) is 0 Å². The average Bonchev–Trinajstić information content (AvgIpc) is 2.16. The highest BCUT2D eigenvalue weighted by molar-refractivity contribution is 5.82. The second-order valence-electron chi connectivity index (χ2n) is 3.43. The summed E-state index contributed by atoms with van der Waals surface area (Å²) in [5, 5.41) is 2.67. The third kappa shape index (κ3) is 7.78. The molecule has 0 bridgehead atoms. The normalized spacial score (nSPS) is 11.9. The molecular weight excluding hydrogens is 196 g/mol. The number of hydrogen-bond donors (Lipinski definition) is 2. The van der Waals surface area contributed by atoms with Crippen LogP contribution in [0.3, 0.4) is 0 Å². The molecule has 0 saturated heterocycles. The smallest absolute Gasteiger partial charge is 0.405 e. The number of carbonyl (C=O) groups excluding carboxylic acids is 2. The molecule has 0 radical (unpaired) electrons. The molecule has 0 spiro atoms. The highest BCUT2D eigenvalue weighted by Crippen LogP contribution is 1.97.